The molecular formula is C23H23N5O2S. The molecule has 1 saturated heterocycles. The quantitative estimate of drug-likeness (QED) is 0.526. The first-order valence-electron chi connectivity index (χ1n) is 10.3. The van der Waals surface area contributed by atoms with Crippen molar-refractivity contribution < 1.29 is 9.53 Å². The van der Waals surface area contributed by atoms with E-state index in [4.69, 9.17) is 9.72 Å². The molecule has 0 saturated carbocycles. The van der Waals surface area contributed by atoms with Gasteiger partial charge in [0, 0.05) is 37.1 Å². The Labute approximate surface area is 184 Å². The van der Waals surface area contributed by atoms with Gasteiger partial charge in [-0.2, -0.15) is 0 Å². The van der Waals surface area contributed by atoms with Crippen LogP contribution in [0.25, 0.3) is 21.6 Å². The number of para-hydroxylation sites is 2. The van der Waals surface area contributed by atoms with E-state index in [1.54, 1.807) is 7.11 Å². The zero-order valence-corrected chi connectivity index (χ0v) is 18.1. The number of imidazole rings is 1. The van der Waals surface area contributed by atoms with E-state index in [9.17, 15) is 4.79 Å². The zero-order valence-electron chi connectivity index (χ0n) is 17.2. The molecule has 8 heteroatoms. The van der Waals surface area contributed by atoms with E-state index in [1.807, 2.05) is 58.8 Å². The van der Waals surface area contributed by atoms with Crippen LogP contribution >= 0.6 is 11.3 Å². The van der Waals surface area contributed by atoms with Crippen molar-refractivity contribution >= 4 is 34.2 Å². The molecule has 2 aromatic carbocycles. The van der Waals surface area contributed by atoms with Crippen molar-refractivity contribution in [3.8, 4) is 16.3 Å². The molecule has 0 spiro atoms. The van der Waals surface area contributed by atoms with Crippen LogP contribution in [0, 0.1) is 0 Å². The molecule has 1 aliphatic rings. The normalized spacial score (nSPS) is 14.6. The van der Waals surface area contributed by atoms with E-state index < -0.39 is 0 Å². The molecule has 1 N–H and O–H groups in total. The van der Waals surface area contributed by atoms with Gasteiger partial charge in [-0.3, -0.25) is 4.79 Å². The predicted octanol–water partition coefficient (Wildman–Crippen LogP) is 4.05. The van der Waals surface area contributed by atoms with Crippen molar-refractivity contribution in [2.75, 3.05) is 38.2 Å². The van der Waals surface area contributed by atoms with Crippen LogP contribution in [-0.4, -0.2) is 59.0 Å². The van der Waals surface area contributed by atoms with Gasteiger partial charge in [0.2, 0.25) is 5.95 Å². The number of aromatic nitrogens is 3. The van der Waals surface area contributed by atoms with E-state index >= 15 is 0 Å². The van der Waals surface area contributed by atoms with Gasteiger partial charge in [-0.15, -0.1) is 11.3 Å². The average Bonchev–Trinajstić information content (AvgIpc) is 3.40. The van der Waals surface area contributed by atoms with Crippen molar-refractivity contribution in [1.82, 2.24) is 19.9 Å². The summed E-state index contributed by atoms with van der Waals surface area (Å²) in [5, 5.41) is 2.69. The van der Waals surface area contributed by atoms with E-state index in [0.717, 1.165) is 52.8 Å². The smallest absolute Gasteiger partial charge is 0.273 e. The second kappa shape index (κ2) is 8.39. The van der Waals surface area contributed by atoms with Crippen molar-refractivity contribution in [1.29, 1.82) is 0 Å². The molecule has 31 heavy (non-hydrogen) atoms. The maximum Gasteiger partial charge on any atom is 0.273 e. The number of thiazole rings is 1. The minimum atomic E-state index is -0.0116. The largest absolute Gasteiger partial charge is 0.497 e. The molecule has 1 amide bonds. The molecule has 0 radical (unpaired) electrons. The van der Waals surface area contributed by atoms with Crippen LogP contribution in [0.3, 0.4) is 0 Å². The summed E-state index contributed by atoms with van der Waals surface area (Å²) in [5.74, 6) is 1.66. The summed E-state index contributed by atoms with van der Waals surface area (Å²) in [4.78, 5) is 29.9. The molecule has 5 rings (SSSR count). The van der Waals surface area contributed by atoms with Crippen molar-refractivity contribution in [3.63, 3.8) is 0 Å². The molecule has 2 aromatic heterocycles. The number of benzene rings is 2. The van der Waals surface area contributed by atoms with Crippen molar-refractivity contribution in [2.24, 2.45) is 0 Å². The van der Waals surface area contributed by atoms with Gasteiger partial charge >= 0.3 is 0 Å². The lowest BCUT2D eigenvalue weighted by molar-refractivity contribution is 0.0762. The Morgan fingerprint density at radius 2 is 1.87 bits per heavy atom. The standard InChI is InChI=1S/C23H23N5O2S/c1-30-17-9-7-16(8-10-17)21-24-20(15-31-21)22(29)27-11-4-12-28(14-13-27)23-25-18-5-2-3-6-19(18)26-23/h2-3,5-10,15H,4,11-14H2,1H3,(H,25,26). The van der Waals surface area contributed by atoms with Crippen LogP contribution in [0.2, 0.25) is 0 Å². The molecule has 1 aliphatic heterocycles. The van der Waals surface area contributed by atoms with Crippen molar-refractivity contribution in [3.05, 3.63) is 59.6 Å². The molecule has 0 bridgehead atoms. The summed E-state index contributed by atoms with van der Waals surface area (Å²) >= 11 is 1.49. The van der Waals surface area contributed by atoms with Gasteiger partial charge in [0.25, 0.3) is 5.91 Å². The highest BCUT2D eigenvalue weighted by molar-refractivity contribution is 7.13. The summed E-state index contributed by atoms with van der Waals surface area (Å²) in [6, 6.07) is 15.8. The van der Waals surface area contributed by atoms with Gasteiger partial charge in [-0.25, -0.2) is 9.97 Å². The molecular weight excluding hydrogens is 410 g/mol. The van der Waals surface area contributed by atoms with Crippen LogP contribution in [0.4, 0.5) is 5.95 Å². The summed E-state index contributed by atoms with van der Waals surface area (Å²) < 4.78 is 5.21. The minimum absolute atomic E-state index is 0.0116. The number of fused-ring (bicyclic) bond motifs is 1. The second-order valence-electron chi connectivity index (χ2n) is 7.48. The number of rotatable bonds is 4. The SMILES string of the molecule is COc1ccc(-c2nc(C(=O)N3CCCN(c4nc5ccccc5[nH]4)CC3)cs2)cc1. The third-order valence-electron chi connectivity index (χ3n) is 5.52. The summed E-state index contributed by atoms with van der Waals surface area (Å²) in [6.07, 6.45) is 0.887. The number of amides is 1. The molecule has 4 aromatic rings. The zero-order chi connectivity index (χ0) is 21.2. The van der Waals surface area contributed by atoms with E-state index in [2.05, 4.69) is 14.9 Å². The number of H-pyrrole nitrogens is 1. The topological polar surface area (TPSA) is 74.3 Å². The van der Waals surface area contributed by atoms with E-state index in [0.29, 0.717) is 18.8 Å². The van der Waals surface area contributed by atoms with E-state index in [1.165, 1.54) is 11.3 Å². The molecule has 3 heterocycles. The Morgan fingerprint density at radius 3 is 2.68 bits per heavy atom. The van der Waals surface area contributed by atoms with Crippen molar-refractivity contribution in [2.45, 2.75) is 6.42 Å². The molecule has 158 valence electrons. The third-order valence-corrected chi connectivity index (χ3v) is 6.41. The lowest BCUT2D eigenvalue weighted by Crippen LogP contribution is -2.35. The highest BCUT2D eigenvalue weighted by Crippen LogP contribution is 2.26. The average molecular weight is 434 g/mol. The Hall–Kier alpha value is -3.39. The lowest BCUT2D eigenvalue weighted by atomic mass is 10.2. The first-order valence-corrected chi connectivity index (χ1v) is 11.2. The summed E-state index contributed by atoms with van der Waals surface area (Å²) in [5.41, 5.74) is 3.48. The van der Waals surface area contributed by atoms with Crippen LogP contribution in [0.5, 0.6) is 5.75 Å². The molecule has 1 fully saturated rings. The maximum absolute atomic E-state index is 13.1. The van der Waals surface area contributed by atoms with E-state index in [-0.39, 0.29) is 5.91 Å². The third kappa shape index (κ3) is 3.98. The fourth-order valence-corrected chi connectivity index (χ4v) is 4.62. The number of ether oxygens (including phenoxy) is 1. The van der Waals surface area contributed by atoms with Gasteiger partial charge in [0.1, 0.15) is 16.5 Å². The monoisotopic (exact) mass is 433 g/mol. The second-order valence-corrected chi connectivity index (χ2v) is 8.33. The number of carbonyl (C=O) groups excluding carboxylic acids is 1. The number of anilines is 1. The van der Waals surface area contributed by atoms with Gasteiger partial charge in [0.15, 0.2) is 0 Å². The maximum atomic E-state index is 13.1. The first kappa shape index (κ1) is 19.6. The Bertz CT molecular complexity index is 1170. The molecule has 0 atom stereocenters. The van der Waals surface area contributed by atoms with Gasteiger partial charge in [-0.05, 0) is 42.8 Å². The summed E-state index contributed by atoms with van der Waals surface area (Å²) in [6.45, 7) is 2.95. The number of nitrogens with one attached hydrogen (secondary N) is 1. The predicted molar refractivity (Wildman–Crippen MR) is 123 cm³/mol. The number of hydrogen-bond donors (Lipinski definition) is 1. The first-order chi connectivity index (χ1) is 15.2. The van der Waals surface area contributed by atoms with Crippen LogP contribution in [-0.2, 0) is 0 Å². The summed E-state index contributed by atoms with van der Waals surface area (Å²) in [7, 11) is 1.64. The van der Waals surface area contributed by atoms with Gasteiger partial charge in [-0.1, -0.05) is 12.1 Å². The molecule has 0 aliphatic carbocycles. The van der Waals surface area contributed by atoms with Crippen LogP contribution < -0.4 is 9.64 Å². The number of nitrogens with zero attached hydrogens (tertiary/aromatic N) is 4. The fourth-order valence-electron chi connectivity index (χ4n) is 3.82. The van der Waals surface area contributed by atoms with Crippen LogP contribution in [0.15, 0.2) is 53.9 Å². The Balaban J connectivity index is 1.27. The molecule has 7 nitrogen and oxygen atoms in total. The highest BCUT2D eigenvalue weighted by atomic mass is 32.1. The Kier molecular flexibility index (Phi) is 5.30. The van der Waals surface area contributed by atoms with Crippen LogP contribution in [0.1, 0.15) is 16.9 Å². The fraction of sp³-hybridized carbons (Fsp3) is 0.261. The lowest BCUT2D eigenvalue weighted by Gasteiger charge is -2.21. The highest BCUT2D eigenvalue weighted by Gasteiger charge is 2.23. The van der Waals surface area contributed by atoms with Gasteiger partial charge in [0.05, 0.1) is 18.1 Å². The number of aromatic amines is 1. The number of methoxy groups -OCH3 is 1. The van der Waals surface area contributed by atoms with Gasteiger partial charge < -0.3 is 19.5 Å². The molecule has 0 unspecified atom stereocenters. The minimum Gasteiger partial charge on any atom is -0.497 e. The number of hydrogen-bond acceptors (Lipinski definition) is 6. The Morgan fingerprint density at radius 1 is 1.03 bits per heavy atom. The number of carbonyl (C=O) groups is 1.